The molecule has 0 saturated carbocycles. The van der Waals surface area contributed by atoms with E-state index in [-0.39, 0.29) is 25.7 Å². The monoisotopic (exact) mass is 1300 g/mol. The van der Waals surface area contributed by atoms with Crippen LogP contribution in [-0.2, 0) is 65.4 Å². The Morgan fingerprint density at radius 2 is 0.523 bits per heavy atom. The highest BCUT2D eigenvalue weighted by Crippen LogP contribution is 2.45. The number of esters is 4. The van der Waals surface area contributed by atoms with Crippen LogP contribution in [-0.4, -0.2) is 96.7 Å². The Morgan fingerprint density at radius 1 is 0.307 bits per heavy atom. The molecule has 3 N–H and O–H groups in total. The minimum atomic E-state index is -4.95. The van der Waals surface area contributed by atoms with Gasteiger partial charge in [0.2, 0.25) is 0 Å². The van der Waals surface area contributed by atoms with Gasteiger partial charge >= 0.3 is 39.5 Å². The summed E-state index contributed by atoms with van der Waals surface area (Å²) in [7, 11) is -9.89. The van der Waals surface area contributed by atoms with E-state index in [1.54, 1.807) is 0 Å². The van der Waals surface area contributed by atoms with E-state index in [1.165, 1.54) is 173 Å². The molecule has 0 spiro atoms. The van der Waals surface area contributed by atoms with Crippen molar-refractivity contribution in [2.75, 3.05) is 39.6 Å². The first kappa shape index (κ1) is 86.1. The first-order valence-corrected chi connectivity index (χ1v) is 39.1. The van der Waals surface area contributed by atoms with Crippen LogP contribution in [0.2, 0.25) is 0 Å². The molecule has 0 aliphatic rings. The van der Waals surface area contributed by atoms with Crippen LogP contribution >= 0.6 is 15.6 Å². The number of phosphoric ester groups is 2. The van der Waals surface area contributed by atoms with E-state index in [4.69, 9.17) is 37.0 Å². The van der Waals surface area contributed by atoms with Crippen molar-refractivity contribution in [2.45, 2.75) is 374 Å². The molecule has 0 aromatic heterocycles. The molecule has 522 valence electrons. The molecule has 0 aliphatic carbocycles. The SMILES string of the molecule is CCCCCCCCCCCCCCCCC(=O)OC[C@H](COP(=O)(O)OC[C@@H](O)COP(=O)(O)OC[C@@H](COC(=O)CCCCCCCCCC)OC(=O)CCCCCCCCCCC)OC(=O)CCCCCCCCCCCCCCCCC(C)C. The first-order chi connectivity index (χ1) is 42.5. The predicted octanol–water partition coefficient (Wildman–Crippen LogP) is 19.7. The summed E-state index contributed by atoms with van der Waals surface area (Å²) in [6.07, 6.45) is 48.6. The summed E-state index contributed by atoms with van der Waals surface area (Å²) in [5.74, 6) is -1.33. The standard InChI is InChI=1S/C69H134O17P2/c1-6-9-12-15-18-21-22-23-27-30-34-38-43-48-53-67(72)80-59-65(86-69(74)55-50-45-40-35-31-28-25-24-26-29-33-36-41-46-51-62(4)5)61-84-88(77,78)82-57-63(70)56-81-87(75,76)83-60-64(58-79-66(71)52-47-42-37-20-17-14-11-8-3)85-68(73)54-49-44-39-32-19-16-13-10-7-2/h62-65,70H,6-61H2,1-5H3,(H,75,76)(H,77,78)/t63-,64+,65+/m0/s1. The van der Waals surface area contributed by atoms with Crippen molar-refractivity contribution < 1.29 is 80.2 Å². The summed E-state index contributed by atoms with van der Waals surface area (Å²) in [5.41, 5.74) is 0. The number of hydrogen-bond donors (Lipinski definition) is 3. The zero-order chi connectivity index (χ0) is 64.9. The Hall–Kier alpha value is -1.94. The fraction of sp³-hybridized carbons (Fsp3) is 0.942. The highest BCUT2D eigenvalue weighted by atomic mass is 31.2. The molecule has 0 amide bonds. The number of ether oxygens (including phenoxy) is 4. The number of aliphatic hydroxyl groups is 1. The molecule has 5 atom stereocenters. The van der Waals surface area contributed by atoms with Crippen molar-refractivity contribution in [2.24, 2.45) is 5.92 Å². The third-order valence-corrected chi connectivity index (χ3v) is 17.9. The summed E-state index contributed by atoms with van der Waals surface area (Å²) < 4.78 is 68.1. The first-order valence-electron chi connectivity index (χ1n) is 36.1. The lowest BCUT2D eigenvalue weighted by molar-refractivity contribution is -0.161. The highest BCUT2D eigenvalue weighted by molar-refractivity contribution is 7.47. The van der Waals surface area contributed by atoms with Gasteiger partial charge in [-0.15, -0.1) is 0 Å². The third-order valence-electron chi connectivity index (χ3n) is 16.0. The predicted molar refractivity (Wildman–Crippen MR) is 354 cm³/mol. The Kier molecular flexibility index (Phi) is 61.1. The second-order valence-corrected chi connectivity index (χ2v) is 28.3. The van der Waals surface area contributed by atoms with E-state index in [0.717, 1.165) is 102 Å². The Balaban J connectivity index is 5.20. The van der Waals surface area contributed by atoms with Crippen LogP contribution in [0.15, 0.2) is 0 Å². The molecule has 0 radical (unpaired) electrons. The lowest BCUT2D eigenvalue weighted by atomic mass is 10.0. The van der Waals surface area contributed by atoms with Gasteiger partial charge in [0, 0.05) is 25.7 Å². The number of unbranched alkanes of at least 4 members (excludes halogenated alkanes) is 41. The topological polar surface area (TPSA) is 237 Å². The van der Waals surface area contributed by atoms with Gasteiger partial charge in [-0.3, -0.25) is 37.3 Å². The van der Waals surface area contributed by atoms with Crippen LogP contribution in [0.5, 0.6) is 0 Å². The van der Waals surface area contributed by atoms with Crippen molar-refractivity contribution in [1.82, 2.24) is 0 Å². The third kappa shape index (κ3) is 62.8. The highest BCUT2D eigenvalue weighted by Gasteiger charge is 2.30. The number of aliphatic hydroxyl groups excluding tert-OH is 1. The molecule has 0 saturated heterocycles. The molecule has 19 heteroatoms. The molecule has 17 nitrogen and oxygen atoms in total. The maximum atomic E-state index is 13.0. The van der Waals surface area contributed by atoms with Gasteiger partial charge in [-0.25, -0.2) is 9.13 Å². The lowest BCUT2D eigenvalue weighted by Gasteiger charge is -2.21. The van der Waals surface area contributed by atoms with Crippen LogP contribution < -0.4 is 0 Å². The van der Waals surface area contributed by atoms with Crippen molar-refractivity contribution >= 4 is 39.5 Å². The molecular formula is C69H134O17P2. The summed E-state index contributed by atoms with van der Waals surface area (Å²) >= 11 is 0. The van der Waals surface area contributed by atoms with Gasteiger partial charge in [-0.1, -0.05) is 304 Å². The minimum absolute atomic E-state index is 0.106. The van der Waals surface area contributed by atoms with Crippen LogP contribution in [0.4, 0.5) is 0 Å². The molecular weight excluding hydrogens is 1160 g/mol. The van der Waals surface area contributed by atoms with Crippen LogP contribution in [0.3, 0.4) is 0 Å². The van der Waals surface area contributed by atoms with Gasteiger partial charge in [-0.05, 0) is 31.6 Å². The summed E-state index contributed by atoms with van der Waals surface area (Å²) in [5, 5.41) is 10.6. The van der Waals surface area contributed by atoms with Crippen molar-refractivity contribution in [1.29, 1.82) is 0 Å². The van der Waals surface area contributed by atoms with E-state index >= 15 is 0 Å². The van der Waals surface area contributed by atoms with Gasteiger partial charge in [0.1, 0.15) is 19.3 Å². The summed E-state index contributed by atoms with van der Waals surface area (Å²) in [6, 6.07) is 0. The molecule has 0 aliphatic heterocycles. The zero-order valence-corrected chi connectivity index (χ0v) is 58.6. The maximum Gasteiger partial charge on any atom is 0.472 e. The van der Waals surface area contributed by atoms with Gasteiger partial charge in [0.15, 0.2) is 12.2 Å². The van der Waals surface area contributed by atoms with Gasteiger partial charge in [0.05, 0.1) is 26.4 Å². The fourth-order valence-electron chi connectivity index (χ4n) is 10.5. The molecule has 0 aromatic rings. The van der Waals surface area contributed by atoms with Crippen LogP contribution in [0, 0.1) is 5.92 Å². The lowest BCUT2D eigenvalue weighted by Crippen LogP contribution is -2.30. The van der Waals surface area contributed by atoms with Gasteiger partial charge < -0.3 is 33.8 Å². The molecule has 0 aromatic carbocycles. The number of hydrogen-bond acceptors (Lipinski definition) is 15. The number of phosphoric acid groups is 2. The van der Waals surface area contributed by atoms with Gasteiger partial charge in [-0.2, -0.15) is 0 Å². The second kappa shape index (κ2) is 62.5. The molecule has 2 unspecified atom stereocenters. The van der Waals surface area contributed by atoms with E-state index in [0.29, 0.717) is 25.7 Å². The second-order valence-electron chi connectivity index (χ2n) is 25.4. The summed E-state index contributed by atoms with van der Waals surface area (Å²) in [6.45, 7) is 7.22. The number of rotatable bonds is 69. The quantitative estimate of drug-likeness (QED) is 0.0222. The maximum absolute atomic E-state index is 13.0. The normalized spacial score (nSPS) is 14.1. The van der Waals surface area contributed by atoms with E-state index in [2.05, 4.69) is 34.6 Å². The summed E-state index contributed by atoms with van der Waals surface area (Å²) in [4.78, 5) is 72.3. The van der Waals surface area contributed by atoms with Gasteiger partial charge in [0.25, 0.3) is 0 Å². The Bertz CT molecular complexity index is 1700. The molecule has 88 heavy (non-hydrogen) atoms. The molecule has 0 rings (SSSR count). The number of carbonyl (C=O) groups is 4. The van der Waals surface area contributed by atoms with Crippen molar-refractivity contribution in [3.8, 4) is 0 Å². The van der Waals surface area contributed by atoms with Crippen molar-refractivity contribution in [3.63, 3.8) is 0 Å². The average Bonchev–Trinajstić information content (AvgIpc) is 3.64. The van der Waals surface area contributed by atoms with Crippen LogP contribution in [0.1, 0.15) is 356 Å². The zero-order valence-electron chi connectivity index (χ0n) is 56.9. The number of carbonyl (C=O) groups excluding carboxylic acids is 4. The minimum Gasteiger partial charge on any atom is -0.462 e. The smallest absolute Gasteiger partial charge is 0.462 e. The Morgan fingerprint density at radius 3 is 0.773 bits per heavy atom. The Labute approximate surface area is 537 Å². The fourth-order valence-corrected chi connectivity index (χ4v) is 12.0. The van der Waals surface area contributed by atoms with E-state index < -0.39 is 97.5 Å². The van der Waals surface area contributed by atoms with Crippen molar-refractivity contribution in [3.05, 3.63) is 0 Å². The van der Waals surface area contributed by atoms with E-state index in [9.17, 15) is 43.2 Å². The largest absolute Gasteiger partial charge is 0.472 e. The molecule has 0 bridgehead atoms. The van der Waals surface area contributed by atoms with Crippen LogP contribution in [0.25, 0.3) is 0 Å². The molecule has 0 fully saturated rings. The molecule has 0 heterocycles. The van der Waals surface area contributed by atoms with E-state index in [1.807, 2.05) is 0 Å². The average molecular weight is 1300 g/mol.